The van der Waals surface area contributed by atoms with Gasteiger partial charge in [-0.2, -0.15) is 0 Å². The largest absolute Gasteiger partial charge is 0.206 e. The van der Waals surface area contributed by atoms with Crippen molar-refractivity contribution in [1.29, 1.82) is 0 Å². The van der Waals surface area contributed by atoms with Crippen LogP contribution in [0.25, 0.3) is 10.8 Å². The number of benzene rings is 3. The first-order valence-corrected chi connectivity index (χ1v) is 11.3. The Bertz CT molecular complexity index is 1170. The molecule has 0 aromatic heterocycles. The molecule has 0 heterocycles. The molecule has 3 aromatic rings. The Morgan fingerprint density at radius 3 is 2.38 bits per heavy atom. The molecule has 0 saturated heterocycles. The molecular weight excluding hydrogens is 405 g/mol. The second kappa shape index (κ2) is 10.1. The fourth-order valence-electron chi connectivity index (χ4n) is 4.66. The summed E-state index contributed by atoms with van der Waals surface area (Å²) in [6.07, 6.45) is 10.2. The van der Waals surface area contributed by atoms with E-state index in [1.54, 1.807) is 24.3 Å². The predicted octanol–water partition coefficient (Wildman–Crippen LogP) is 7.97. The number of rotatable bonds is 5. The standard InChI is InChI=1S/C29H27F3/c1-2-3-20-4-6-21(7-5-20)8-9-23-11-14-24(28(31)19-23)13-10-22-12-16-26-25(18-22)15-17-27(30)29(26)32/h2,11-12,14-21H,1,3-9H2. The molecule has 1 aliphatic carbocycles. The molecule has 1 aliphatic rings. The number of hydrogen-bond donors (Lipinski definition) is 0. The summed E-state index contributed by atoms with van der Waals surface area (Å²) >= 11 is 0. The minimum Gasteiger partial charge on any atom is -0.206 e. The number of allylic oxidation sites excluding steroid dienone is 1. The van der Waals surface area contributed by atoms with E-state index in [4.69, 9.17) is 0 Å². The lowest BCUT2D eigenvalue weighted by molar-refractivity contribution is 0.265. The molecule has 4 rings (SSSR count). The first-order valence-electron chi connectivity index (χ1n) is 11.3. The van der Waals surface area contributed by atoms with E-state index in [2.05, 4.69) is 18.4 Å². The third-order valence-electron chi connectivity index (χ3n) is 6.59. The average Bonchev–Trinajstić information content (AvgIpc) is 2.80. The Morgan fingerprint density at radius 2 is 1.62 bits per heavy atom. The van der Waals surface area contributed by atoms with Crippen LogP contribution < -0.4 is 0 Å². The van der Waals surface area contributed by atoms with Gasteiger partial charge in [0.1, 0.15) is 5.82 Å². The third kappa shape index (κ3) is 5.25. The second-order valence-corrected chi connectivity index (χ2v) is 8.81. The fraction of sp³-hybridized carbons (Fsp3) is 0.310. The van der Waals surface area contributed by atoms with Gasteiger partial charge in [0.2, 0.25) is 0 Å². The Labute approximate surface area is 188 Å². The van der Waals surface area contributed by atoms with E-state index in [1.165, 1.54) is 37.8 Å². The van der Waals surface area contributed by atoms with Gasteiger partial charge in [-0.1, -0.05) is 49.0 Å². The van der Waals surface area contributed by atoms with Gasteiger partial charge in [-0.15, -0.1) is 6.58 Å². The van der Waals surface area contributed by atoms with Gasteiger partial charge in [-0.05, 0) is 85.2 Å². The van der Waals surface area contributed by atoms with Gasteiger partial charge in [0.25, 0.3) is 0 Å². The summed E-state index contributed by atoms with van der Waals surface area (Å²) in [4.78, 5) is 0. The molecule has 3 aromatic carbocycles. The van der Waals surface area contributed by atoms with Crippen LogP contribution in [0.1, 0.15) is 55.2 Å². The predicted molar refractivity (Wildman–Crippen MR) is 125 cm³/mol. The van der Waals surface area contributed by atoms with Gasteiger partial charge in [0.05, 0.1) is 5.56 Å². The van der Waals surface area contributed by atoms with E-state index in [0.29, 0.717) is 16.5 Å². The Kier molecular flexibility index (Phi) is 7.00. The van der Waals surface area contributed by atoms with Crippen molar-refractivity contribution in [2.45, 2.75) is 44.9 Å². The molecule has 3 heteroatoms. The van der Waals surface area contributed by atoms with Crippen LogP contribution in [0.15, 0.2) is 61.2 Å². The molecule has 0 radical (unpaired) electrons. The third-order valence-corrected chi connectivity index (χ3v) is 6.59. The van der Waals surface area contributed by atoms with E-state index in [0.717, 1.165) is 42.7 Å². The van der Waals surface area contributed by atoms with Crippen molar-refractivity contribution in [3.63, 3.8) is 0 Å². The topological polar surface area (TPSA) is 0 Å². The van der Waals surface area contributed by atoms with E-state index in [-0.39, 0.29) is 11.2 Å². The lowest BCUT2D eigenvalue weighted by Gasteiger charge is -2.27. The SMILES string of the molecule is C=CCC1CCC(CCc2ccc(C#Cc3ccc4c(F)c(F)ccc4c3)c(F)c2)CC1. The molecule has 0 amide bonds. The van der Waals surface area contributed by atoms with E-state index < -0.39 is 11.6 Å². The summed E-state index contributed by atoms with van der Waals surface area (Å²) in [5, 5.41) is 0.769. The van der Waals surface area contributed by atoms with Gasteiger partial charge in [-0.3, -0.25) is 0 Å². The fourth-order valence-corrected chi connectivity index (χ4v) is 4.66. The van der Waals surface area contributed by atoms with Crippen LogP contribution in [-0.4, -0.2) is 0 Å². The molecule has 0 spiro atoms. The normalized spacial score (nSPS) is 18.2. The summed E-state index contributed by atoms with van der Waals surface area (Å²) in [5.41, 5.74) is 1.97. The first kappa shape index (κ1) is 22.2. The molecule has 1 saturated carbocycles. The van der Waals surface area contributed by atoms with Gasteiger partial charge in [0, 0.05) is 10.9 Å². The van der Waals surface area contributed by atoms with Crippen molar-refractivity contribution in [2.24, 2.45) is 11.8 Å². The van der Waals surface area contributed by atoms with Crippen molar-refractivity contribution in [1.82, 2.24) is 0 Å². The minimum atomic E-state index is -0.876. The maximum atomic E-state index is 14.6. The summed E-state index contributed by atoms with van der Waals surface area (Å²) in [6, 6.07) is 12.7. The molecule has 0 bridgehead atoms. The lowest BCUT2D eigenvalue weighted by Crippen LogP contribution is -2.14. The quantitative estimate of drug-likeness (QED) is 0.283. The second-order valence-electron chi connectivity index (χ2n) is 8.81. The van der Waals surface area contributed by atoms with Crippen LogP contribution in [0, 0.1) is 41.1 Å². The van der Waals surface area contributed by atoms with Gasteiger partial charge < -0.3 is 0 Å². The van der Waals surface area contributed by atoms with Crippen LogP contribution in [0.2, 0.25) is 0 Å². The highest BCUT2D eigenvalue weighted by molar-refractivity contribution is 5.84. The molecule has 32 heavy (non-hydrogen) atoms. The van der Waals surface area contributed by atoms with Crippen LogP contribution in [0.4, 0.5) is 13.2 Å². The molecule has 0 nitrogen and oxygen atoms in total. The smallest absolute Gasteiger partial charge is 0.166 e. The zero-order valence-electron chi connectivity index (χ0n) is 18.1. The van der Waals surface area contributed by atoms with Crippen LogP contribution >= 0.6 is 0 Å². The molecule has 0 N–H and O–H groups in total. The number of aryl methyl sites for hydroxylation is 1. The molecule has 1 fully saturated rings. The van der Waals surface area contributed by atoms with Gasteiger partial charge in [0.15, 0.2) is 11.6 Å². The van der Waals surface area contributed by atoms with Crippen molar-refractivity contribution < 1.29 is 13.2 Å². The Morgan fingerprint density at radius 1 is 0.844 bits per heavy atom. The zero-order chi connectivity index (χ0) is 22.5. The van der Waals surface area contributed by atoms with Crippen molar-refractivity contribution in [3.8, 4) is 11.8 Å². The van der Waals surface area contributed by atoms with Crippen molar-refractivity contribution >= 4 is 10.8 Å². The summed E-state index contributed by atoms with van der Waals surface area (Å²) in [5.74, 6) is 5.26. The molecule has 164 valence electrons. The molecule has 0 unspecified atom stereocenters. The van der Waals surface area contributed by atoms with Crippen molar-refractivity contribution in [2.75, 3.05) is 0 Å². The zero-order valence-corrected chi connectivity index (χ0v) is 18.1. The summed E-state index contributed by atoms with van der Waals surface area (Å²) < 4.78 is 41.8. The van der Waals surface area contributed by atoms with Crippen molar-refractivity contribution in [3.05, 3.63) is 95.3 Å². The molecule has 0 atom stereocenters. The van der Waals surface area contributed by atoms with E-state index in [9.17, 15) is 13.2 Å². The maximum absolute atomic E-state index is 14.6. The number of fused-ring (bicyclic) bond motifs is 1. The highest BCUT2D eigenvalue weighted by atomic mass is 19.2. The maximum Gasteiger partial charge on any atom is 0.166 e. The number of halogens is 3. The Balaban J connectivity index is 1.39. The van der Waals surface area contributed by atoms with E-state index >= 15 is 0 Å². The van der Waals surface area contributed by atoms with E-state index in [1.807, 2.05) is 12.1 Å². The monoisotopic (exact) mass is 432 g/mol. The highest BCUT2D eigenvalue weighted by Crippen LogP contribution is 2.33. The van der Waals surface area contributed by atoms with Gasteiger partial charge >= 0.3 is 0 Å². The molecular formula is C29H27F3. The van der Waals surface area contributed by atoms with Crippen LogP contribution in [0.5, 0.6) is 0 Å². The minimum absolute atomic E-state index is 0.209. The average molecular weight is 433 g/mol. The van der Waals surface area contributed by atoms with Crippen LogP contribution in [-0.2, 0) is 6.42 Å². The molecule has 0 aliphatic heterocycles. The van der Waals surface area contributed by atoms with Crippen LogP contribution in [0.3, 0.4) is 0 Å². The Hall–Kier alpha value is -2.99. The highest BCUT2D eigenvalue weighted by Gasteiger charge is 2.20. The van der Waals surface area contributed by atoms with Gasteiger partial charge in [-0.25, -0.2) is 13.2 Å². The lowest BCUT2D eigenvalue weighted by atomic mass is 9.78. The summed E-state index contributed by atoms with van der Waals surface area (Å²) in [6.45, 7) is 3.84. The first-order chi connectivity index (χ1) is 15.5. The summed E-state index contributed by atoms with van der Waals surface area (Å²) in [7, 11) is 0. The number of hydrogen-bond acceptors (Lipinski definition) is 0.